The Morgan fingerprint density at radius 3 is 2.82 bits per heavy atom. The van der Waals surface area contributed by atoms with E-state index in [0.29, 0.717) is 13.0 Å². The van der Waals surface area contributed by atoms with Crippen molar-refractivity contribution in [3.8, 4) is 5.75 Å². The van der Waals surface area contributed by atoms with Crippen LogP contribution < -0.4 is 15.4 Å². The van der Waals surface area contributed by atoms with Crippen molar-refractivity contribution in [1.29, 1.82) is 0 Å². The molecule has 0 aromatic heterocycles. The molecule has 0 atom stereocenters. The average molecular weight is 301 g/mol. The number of amides is 1. The Hall–Kier alpha value is -1.07. The number of carbonyl (C=O) groups excluding carboxylic acids is 1. The van der Waals surface area contributed by atoms with Gasteiger partial charge in [-0.05, 0) is 25.2 Å². The summed E-state index contributed by atoms with van der Waals surface area (Å²) in [5.74, 6) is 0.730. The maximum Gasteiger partial charge on any atom is 0.224 e. The van der Waals surface area contributed by atoms with Gasteiger partial charge in [0.25, 0.3) is 0 Å². The molecule has 1 rings (SSSR count). The second-order valence-electron chi connectivity index (χ2n) is 3.59. The van der Waals surface area contributed by atoms with Crippen molar-refractivity contribution in [3.63, 3.8) is 0 Å². The van der Waals surface area contributed by atoms with Crippen LogP contribution in [0.5, 0.6) is 5.75 Å². The molecular weight excluding hydrogens is 284 g/mol. The normalized spacial score (nSPS) is 10.1. The number of rotatable bonds is 6. The van der Waals surface area contributed by atoms with Crippen molar-refractivity contribution in [2.45, 2.75) is 6.42 Å². The van der Waals surface area contributed by atoms with E-state index in [1.807, 2.05) is 25.2 Å². The first-order valence-corrected chi connectivity index (χ1v) is 6.20. The highest BCUT2D eigenvalue weighted by Gasteiger charge is 2.08. The zero-order valence-electron chi connectivity index (χ0n) is 10.0. The molecule has 0 aliphatic heterocycles. The van der Waals surface area contributed by atoms with Crippen LogP contribution in [0, 0.1) is 0 Å². The molecule has 94 valence electrons. The predicted octanol–water partition coefficient (Wildman–Crippen LogP) is 1.34. The van der Waals surface area contributed by atoms with Gasteiger partial charge in [-0.25, -0.2) is 0 Å². The zero-order valence-corrected chi connectivity index (χ0v) is 11.6. The van der Waals surface area contributed by atoms with Gasteiger partial charge in [-0.1, -0.05) is 15.9 Å². The maximum absolute atomic E-state index is 11.7. The van der Waals surface area contributed by atoms with Crippen LogP contribution in [0.25, 0.3) is 0 Å². The third kappa shape index (κ3) is 4.75. The Kier molecular flexibility index (Phi) is 6.00. The lowest BCUT2D eigenvalue weighted by atomic mass is 10.1. The van der Waals surface area contributed by atoms with E-state index in [9.17, 15) is 4.79 Å². The summed E-state index contributed by atoms with van der Waals surface area (Å²) in [5.41, 5.74) is 0.879. The summed E-state index contributed by atoms with van der Waals surface area (Å²) in [6, 6.07) is 5.64. The molecule has 1 aromatic carbocycles. The molecular formula is C12H17BrN2O2. The minimum Gasteiger partial charge on any atom is -0.496 e. The van der Waals surface area contributed by atoms with Gasteiger partial charge >= 0.3 is 0 Å². The average Bonchev–Trinajstić information content (AvgIpc) is 2.29. The maximum atomic E-state index is 11.7. The van der Waals surface area contributed by atoms with E-state index in [2.05, 4.69) is 26.6 Å². The Morgan fingerprint density at radius 1 is 1.41 bits per heavy atom. The van der Waals surface area contributed by atoms with Crippen molar-refractivity contribution in [2.75, 3.05) is 27.2 Å². The van der Waals surface area contributed by atoms with Crippen molar-refractivity contribution >= 4 is 21.8 Å². The third-order valence-corrected chi connectivity index (χ3v) is 2.78. The molecule has 0 unspecified atom stereocenters. The second kappa shape index (κ2) is 7.29. The lowest BCUT2D eigenvalue weighted by Gasteiger charge is -2.09. The summed E-state index contributed by atoms with van der Waals surface area (Å²) >= 11 is 3.38. The molecule has 0 aliphatic carbocycles. The van der Waals surface area contributed by atoms with Crippen molar-refractivity contribution in [1.82, 2.24) is 10.6 Å². The minimum absolute atomic E-state index is 0.00310. The van der Waals surface area contributed by atoms with Crippen molar-refractivity contribution in [3.05, 3.63) is 28.2 Å². The fourth-order valence-corrected chi connectivity index (χ4v) is 1.86. The van der Waals surface area contributed by atoms with Crippen LogP contribution in [0.1, 0.15) is 5.56 Å². The van der Waals surface area contributed by atoms with Crippen LogP contribution in [-0.4, -0.2) is 33.2 Å². The van der Waals surface area contributed by atoms with Gasteiger partial charge in [-0.2, -0.15) is 0 Å². The largest absolute Gasteiger partial charge is 0.496 e. The highest BCUT2D eigenvalue weighted by atomic mass is 79.9. The summed E-state index contributed by atoms with van der Waals surface area (Å²) in [6.07, 6.45) is 0.326. The molecule has 1 aromatic rings. The topological polar surface area (TPSA) is 50.4 Å². The summed E-state index contributed by atoms with van der Waals surface area (Å²) < 4.78 is 6.15. The smallest absolute Gasteiger partial charge is 0.224 e. The van der Waals surface area contributed by atoms with E-state index in [1.165, 1.54) is 0 Å². The van der Waals surface area contributed by atoms with E-state index >= 15 is 0 Å². The quantitative estimate of drug-likeness (QED) is 0.780. The minimum atomic E-state index is -0.00310. The zero-order chi connectivity index (χ0) is 12.7. The van der Waals surface area contributed by atoms with Gasteiger partial charge in [-0.15, -0.1) is 0 Å². The first kappa shape index (κ1) is 14.0. The van der Waals surface area contributed by atoms with E-state index in [0.717, 1.165) is 22.3 Å². The molecule has 0 aliphatic rings. The third-order valence-electron chi connectivity index (χ3n) is 2.29. The number of hydrogen-bond acceptors (Lipinski definition) is 3. The molecule has 0 spiro atoms. The second-order valence-corrected chi connectivity index (χ2v) is 4.50. The number of hydrogen-bond donors (Lipinski definition) is 2. The Labute approximate surface area is 110 Å². The van der Waals surface area contributed by atoms with Gasteiger partial charge in [0.05, 0.1) is 13.5 Å². The summed E-state index contributed by atoms with van der Waals surface area (Å²) in [7, 11) is 3.45. The van der Waals surface area contributed by atoms with E-state index in [1.54, 1.807) is 7.11 Å². The number of halogens is 1. The number of likely N-dealkylation sites (N-methyl/N-ethyl adjacent to an activating group) is 1. The van der Waals surface area contributed by atoms with E-state index in [4.69, 9.17) is 4.74 Å². The molecule has 2 N–H and O–H groups in total. The molecule has 5 heteroatoms. The SMILES string of the molecule is CNCCNC(=O)Cc1cc(Br)ccc1OC. The summed E-state index contributed by atoms with van der Waals surface area (Å²) in [6.45, 7) is 1.40. The van der Waals surface area contributed by atoms with Crippen LogP contribution in [0.3, 0.4) is 0 Å². The molecule has 0 saturated heterocycles. The number of carbonyl (C=O) groups is 1. The molecule has 0 heterocycles. The summed E-state index contributed by atoms with van der Waals surface area (Å²) in [4.78, 5) is 11.7. The molecule has 0 fully saturated rings. The first-order valence-electron chi connectivity index (χ1n) is 5.41. The highest BCUT2D eigenvalue weighted by Crippen LogP contribution is 2.23. The Bertz CT molecular complexity index is 383. The van der Waals surface area contributed by atoms with Gasteiger partial charge in [0.15, 0.2) is 0 Å². The number of methoxy groups -OCH3 is 1. The van der Waals surface area contributed by atoms with Gasteiger partial charge < -0.3 is 15.4 Å². The number of nitrogens with one attached hydrogen (secondary N) is 2. The van der Waals surface area contributed by atoms with Crippen molar-refractivity contribution in [2.24, 2.45) is 0 Å². The van der Waals surface area contributed by atoms with E-state index < -0.39 is 0 Å². The predicted molar refractivity (Wildman–Crippen MR) is 71.3 cm³/mol. The Balaban J connectivity index is 2.60. The van der Waals surface area contributed by atoms with Gasteiger partial charge in [0.2, 0.25) is 5.91 Å². The molecule has 4 nitrogen and oxygen atoms in total. The van der Waals surface area contributed by atoms with Crippen LogP contribution in [0.15, 0.2) is 22.7 Å². The Morgan fingerprint density at radius 2 is 2.18 bits per heavy atom. The van der Waals surface area contributed by atoms with Gasteiger partial charge in [-0.3, -0.25) is 4.79 Å². The molecule has 0 radical (unpaired) electrons. The van der Waals surface area contributed by atoms with E-state index in [-0.39, 0.29) is 5.91 Å². The first-order chi connectivity index (χ1) is 8.17. The van der Waals surface area contributed by atoms with Crippen LogP contribution >= 0.6 is 15.9 Å². The van der Waals surface area contributed by atoms with Gasteiger partial charge in [0.1, 0.15) is 5.75 Å². The standard InChI is InChI=1S/C12H17BrN2O2/c1-14-5-6-15-12(16)8-9-7-10(13)3-4-11(9)17-2/h3-4,7,14H,5-6,8H2,1-2H3,(H,15,16). The fourth-order valence-electron chi connectivity index (χ4n) is 1.45. The van der Waals surface area contributed by atoms with Crippen LogP contribution in [0.2, 0.25) is 0 Å². The number of benzene rings is 1. The van der Waals surface area contributed by atoms with Crippen LogP contribution in [-0.2, 0) is 11.2 Å². The number of ether oxygens (including phenoxy) is 1. The van der Waals surface area contributed by atoms with Crippen molar-refractivity contribution < 1.29 is 9.53 Å². The molecule has 1 amide bonds. The lowest BCUT2D eigenvalue weighted by Crippen LogP contribution is -2.31. The summed E-state index contributed by atoms with van der Waals surface area (Å²) in [5, 5.41) is 5.80. The van der Waals surface area contributed by atoms with Gasteiger partial charge in [0, 0.05) is 23.1 Å². The lowest BCUT2D eigenvalue weighted by molar-refractivity contribution is -0.120. The molecule has 0 saturated carbocycles. The highest BCUT2D eigenvalue weighted by molar-refractivity contribution is 9.10. The molecule has 17 heavy (non-hydrogen) atoms. The molecule has 0 bridgehead atoms. The van der Waals surface area contributed by atoms with Crippen LogP contribution in [0.4, 0.5) is 0 Å². The monoisotopic (exact) mass is 300 g/mol. The fraction of sp³-hybridized carbons (Fsp3) is 0.417.